The topological polar surface area (TPSA) is 58.7 Å². The molecule has 0 amide bonds. The molecule has 0 unspecified atom stereocenters. The summed E-state index contributed by atoms with van der Waals surface area (Å²) >= 11 is 2.97. The van der Waals surface area contributed by atoms with Crippen molar-refractivity contribution in [2.45, 2.75) is 29.7 Å². The normalized spacial score (nSPS) is 10.9. The predicted molar refractivity (Wildman–Crippen MR) is 118 cm³/mol. The van der Waals surface area contributed by atoms with E-state index in [4.69, 9.17) is 0 Å². The van der Waals surface area contributed by atoms with Crippen LogP contribution < -0.4 is 5.56 Å². The molecule has 0 aliphatic heterocycles. The molecule has 0 spiro atoms. The quantitative estimate of drug-likeness (QED) is 0.422. The summed E-state index contributed by atoms with van der Waals surface area (Å²) in [4.78, 5) is 19.0. The Labute approximate surface area is 173 Å². The van der Waals surface area contributed by atoms with Gasteiger partial charge in [-0.2, -0.15) is 5.26 Å². The van der Waals surface area contributed by atoms with E-state index in [9.17, 15) is 10.1 Å². The van der Waals surface area contributed by atoms with Gasteiger partial charge in [0.1, 0.15) is 22.5 Å². The highest BCUT2D eigenvalue weighted by Gasteiger charge is 2.18. The summed E-state index contributed by atoms with van der Waals surface area (Å²) in [7, 11) is 0. The van der Waals surface area contributed by atoms with Crippen LogP contribution in [0.2, 0.25) is 0 Å². The summed E-state index contributed by atoms with van der Waals surface area (Å²) in [6.07, 6.45) is 3.85. The lowest BCUT2D eigenvalue weighted by Crippen LogP contribution is -2.25. The standard InChI is InChI=1S/C22H21N3OS2/c1-14(2)15-5-9-17(10-6-15)25-20(16-7-11-18(27-3)12-8-16)24-21(28-4)19(13-23)22(25)26/h5-12,14H,1-4H3. The SMILES string of the molecule is CSc1ccc(-c2nc(SC)c(C#N)c(=O)n2-c2ccc(C(C)C)cc2)cc1. The summed E-state index contributed by atoms with van der Waals surface area (Å²) in [5.41, 5.74) is 2.46. The van der Waals surface area contributed by atoms with E-state index in [0.717, 1.165) is 10.5 Å². The zero-order valence-corrected chi connectivity index (χ0v) is 17.9. The van der Waals surface area contributed by atoms with E-state index in [1.165, 1.54) is 21.9 Å². The maximum absolute atomic E-state index is 13.2. The van der Waals surface area contributed by atoms with E-state index in [2.05, 4.69) is 18.8 Å². The summed E-state index contributed by atoms with van der Waals surface area (Å²) in [5.74, 6) is 0.939. The minimum Gasteiger partial charge on any atom is -0.267 e. The van der Waals surface area contributed by atoms with E-state index >= 15 is 0 Å². The smallest absolute Gasteiger partial charge is 0.267 e. The molecule has 0 aliphatic rings. The van der Waals surface area contributed by atoms with Gasteiger partial charge in [-0.3, -0.25) is 9.36 Å². The van der Waals surface area contributed by atoms with Crippen molar-refractivity contribution in [3.05, 3.63) is 70.0 Å². The molecule has 1 heterocycles. The zero-order valence-electron chi connectivity index (χ0n) is 16.3. The van der Waals surface area contributed by atoms with Crippen LogP contribution in [-0.4, -0.2) is 22.1 Å². The zero-order chi connectivity index (χ0) is 20.3. The van der Waals surface area contributed by atoms with Crippen molar-refractivity contribution in [3.63, 3.8) is 0 Å². The van der Waals surface area contributed by atoms with Gasteiger partial charge in [0.15, 0.2) is 0 Å². The van der Waals surface area contributed by atoms with Crippen LogP contribution in [0, 0.1) is 11.3 Å². The molecule has 0 aliphatic carbocycles. The van der Waals surface area contributed by atoms with Crippen LogP contribution in [0.25, 0.3) is 17.1 Å². The Hall–Kier alpha value is -2.49. The van der Waals surface area contributed by atoms with E-state index in [1.54, 1.807) is 11.8 Å². The third-order valence-electron chi connectivity index (χ3n) is 4.52. The highest BCUT2D eigenvalue weighted by Crippen LogP contribution is 2.27. The number of aromatic nitrogens is 2. The van der Waals surface area contributed by atoms with Crippen LogP contribution in [0.4, 0.5) is 0 Å². The van der Waals surface area contributed by atoms with Crippen molar-refractivity contribution in [3.8, 4) is 23.1 Å². The van der Waals surface area contributed by atoms with Crippen molar-refractivity contribution in [1.82, 2.24) is 9.55 Å². The minimum atomic E-state index is -0.344. The second-order valence-electron chi connectivity index (χ2n) is 6.55. The summed E-state index contributed by atoms with van der Waals surface area (Å²) < 4.78 is 1.54. The van der Waals surface area contributed by atoms with E-state index in [1.807, 2.05) is 67.1 Å². The number of rotatable bonds is 5. The maximum atomic E-state index is 13.2. The number of hydrogen-bond acceptors (Lipinski definition) is 5. The van der Waals surface area contributed by atoms with Gasteiger partial charge in [0.2, 0.25) is 0 Å². The molecule has 0 fully saturated rings. The summed E-state index contributed by atoms with van der Waals surface area (Å²) in [6, 6.07) is 17.8. The second kappa shape index (κ2) is 8.68. The number of hydrogen-bond donors (Lipinski definition) is 0. The first kappa shape index (κ1) is 20.2. The van der Waals surface area contributed by atoms with Crippen molar-refractivity contribution < 1.29 is 0 Å². The minimum absolute atomic E-state index is 0.0740. The molecule has 28 heavy (non-hydrogen) atoms. The molecule has 142 valence electrons. The number of thioether (sulfide) groups is 2. The Kier molecular flexibility index (Phi) is 6.28. The van der Waals surface area contributed by atoms with Gasteiger partial charge >= 0.3 is 0 Å². The molecule has 0 radical (unpaired) electrons. The molecular formula is C22H21N3OS2. The molecular weight excluding hydrogens is 386 g/mol. The van der Waals surface area contributed by atoms with E-state index < -0.39 is 0 Å². The van der Waals surface area contributed by atoms with Crippen molar-refractivity contribution in [1.29, 1.82) is 5.26 Å². The van der Waals surface area contributed by atoms with Crippen LogP contribution in [0.15, 0.2) is 63.2 Å². The molecule has 3 aromatic rings. The molecule has 0 N–H and O–H groups in total. The Morgan fingerprint density at radius 1 is 1.00 bits per heavy atom. The maximum Gasteiger partial charge on any atom is 0.277 e. The second-order valence-corrected chi connectivity index (χ2v) is 8.22. The van der Waals surface area contributed by atoms with E-state index in [0.29, 0.717) is 22.5 Å². The predicted octanol–water partition coefficient (Wildman–Crippen LogP) is 5.34. The van der Waals surface area contributed by atoms with Gasteiger partial charge < -0.3 is 0 Å². The largest absolute Gasteiger partial charge is 0.277 e. The fourth-order valence-corrected chi connectivity index (χ4v) is 3.85. The Bertz CT molecular complexity index is 1080. The van der Waals surface area contributed by atoms with Gasteiger partial charge in [0.25, 0.3) is 5.56 Å². The Balaban J connectivity index is 2.29. The van der Waals surface area contributed by atoms with Crippen molar-refractivity contribution in [2.75, 3.05) is 12.5 Å². The summed E-state index contributed by atoms with van der Waals surface area (Å²) in [6.45, 7) is 4.25. The van der Waals surface area contributed by atoms with Crippen molar-refractivity contribution in [2.24, 2.45) is 0 Å². The van der Waals surface area contributed by atoms with E-state index in [-0.39, 0.29) is 11.1 Å². The summed E-state index contributed by atoms with van der Waals surface area (Å²) in [5, 5.41) is 9.98. The highest BCUT2D eigenvalue weighted by atomic mass is 32.2. The van der Waals surface area contributed by atoms with Gasteiger partial charge in [0, 0.05) is 10.5 Å². The first-order valence-electron chi connectivity index (χ1n) is 8.86. The molecule has 4 nitrogen and oxygen atoms in total. The van der Waals surface area contributed by atoms with Gasteiger partial charge in [0.05, 0.1) is 5.69 Å². The average Bonchev–Trinajstić information content (AvgIpc) is 2.73. The molecule has 2 aromatic carbocycles. The molecule has 6 heteroatoms. The third-order valence-corrected chi connectivity index (χ3v) is 5.95. The number of nitriles is 1. The van der Waals surface area contributed by atoms with Gasteiger partial charge in [-0.15, -0.1) is 23.5 Å². The fourth-order valence-electron chi connectivity index (χ4n) is 2.93. The van der Waals surface area contributed by atoms with Crippen LogP contribution >= 0.6 is 23.5 Å². The number of nitrogens with zero attached hydrogens (tertiary/aromatic N) is 3. The fraction of sp³-hybridized carbons (Fsp3) is 0.227. The lowest BCUT2D eigenvalue weighted by Gasteiger charge is -2.15. The molecule has 0 saturated carbocycles. The highest BCUT2D eigenvalue weighted by molar-refractivity contribution is 7.98. The lowest BCUT2D eigenvalue weighted by molar-refractivity contribution is 0.859. The first-order valence-corrected chi connectivity index (χ1v) is 11.3. The molecule has 0 saturated heterocycles. The monoisotopic (exact) mass is 407 g/mol. The van der Waals surface area contributed by atoms with Crippen molar-refractivity contribution >= 4 is 23.5 Å². The molecule has 0 atom stereocenters. The van der Waals surface area contributed by atoms with Gasteiger partial charge in [-0.25, -0.2) is 4.98 Å². The molecule has 0 bridgehead atoms. The first-order chi connectivity index (χ1) is 13.5. The number of benzene rings is 2. The molecule has 3 rings (SSSR count). The lowest BCUT2D eigenvalue weighted by atomic mass is 10.0. The average molecular weight is 408 g/mol. The van der Waals surface area contributed by atoms with Crippen LogP contribution in [0.3, 0.4) is 0 Å². The molecule has 1 aromatic heterocycles. The van der Waals surface area contributed by atoms with Gasteiger partial charge in [-0.05, 0) is 48.3 Å². The van der Waals surface area contributed by atoms with Crippen LogP contribution in [0.1, 0.15) is 30.9 Å². The third kappa shape index (κ3) is 3.87. The van der Waals surface area contributed by atoms with Crippen LogP contribution in [-0.2, 0) is 0 Å². The van der Waals surface area contributed by atoms with Crippen LogP contribution in [0.5, 0.6) is 0 Å². The Morgan fingerprint density at radius 2 is 1.64 bits per heavy atom. The Morgan fingerprint density at radius 3 is 2.14 bits per heavy atom. The van der Waals surface area contributed by atoms with Gasteiger partial charge in [-0.1, -0.05) is 38.1 Å².